The number of hydrogen-bond acceptors (Lipinski definition) is 3. The van der Waals surface area contributed by atoms with Crippen LogP contribution in [0.3, 0.4) is 0 Å². The fourth-order valence-electron chi connectivity index (χ4n) is 1.19. The first-order chi connectivity index (χ1) is 6.24. The summed E-state index contributed by atoms with van der Waals surface area (Å²) in [4.78, 5) is 0.918. The van der Waals surface area contributed by atoms with Crippen LogP contribution in [0.5, 0.6) is 5.75 Å². The highest BCUT2D eigenvalue weighted by molar-refractivity contribution is 9.10. The van der Waals surface area contributed by atoms with Crippen molar-refractivity contribution in [3.63, 3.8) is 0 Å². The Balaban J connectivity index is 2.83. The number of rotatable bonds is 1. The Morgan fingerprint density at radius 2 is 2.31 bits per heavy atom. The maximum Gasteiger partial charge on any atom is 0.144 e. The maximum atomic E-state index is 9.75. The van der Waals surface area contributed by atoms with Gasteiger partial charge in [0.2, 0.25) is 0 Å². The molecule has 0 radical (unpaired) electrons. The molecule has 1 nitrogen and oxygen atoms in total. The molecule has 0 spiro atoms. The van der Waals surface area contributed by atoms with Crippen molar-refractivity contribution >= 4 is 49.1 Å². The van der Waals surface area contributed by atoms with E-state index >= 15 is 0 Å². The van der Waals surface area contributed by atoms with Gasteiger partial charge in [0, 0.05) is 10.1 Å². The number of hydrogen-bond donors (Lipinski definition) is 1. The smallest absolute Gasteiger partial charge is 0.144 e. The van der Waals surface area contributed by atoms with E-state index in [9.17, 15) is 5.11 Å². The molecule has 0 amide bonds. The van der Waals surface area contributed by atoms with Crippen LogP contribution in [0.15, 0.2) is 26.9 Å². The van der Waals surface area contributed by atoms with Gasteiger partial charge < -0.3 is 5.11 Å². The Morgan fingerprint density at radius 3 is 3.00 bits per heavy atom. The van der Waals surface area contributed by atoms with E-state index in [2.05, 4.69) is 15.9 Å². The number of halogens is 1. The average Bonchev–Trinajstić information content (AvgIpc) is 2.59. The molecular weight excluding hydrogens is 268 g/mol. The molecule has 1 aromatic carbocycles. The van der Waals surface area contributed by atoms with Crippen molar-refractivity contribution < 1.29 is 5.11 Å². The van der Waals surface area contributed by atoms with Crippen LogP contribution in [-0.2, 0) is 0 Å². The zero-order valence-electron chi connectivity index (χ0n) is 6.87. The lowest BCUT2D eigenvalue weighted by Gasteiger charge is -2.04. The van der Waals surface area contributed by atoms with Gasteiger partial charge >= 0.3 is 0 Å². The lowest BCUT2D eigenvalue weighted by molar-refractivity contribution is 0.460. The second-order valence-corrected chi connectivity index (χ2v) is 5.16. The van der Waals surface area contributed by atoms with Gasteiger partial charge in [-0.2, -0.15) is 0 Å². The number of benzene rings is 1. The molecule has 2 aromatic rings. The molecule has 1 heterocycles. The molecule has 0 saturated heterocycles. The van der Waals surface area contributed by atoms with Crippen molar-refractivity contribution in [1.82, 2.24) is 0 Å². The average molecular weight is 275 g/mol. The van der Waals surface area contributed by atoms with Crippen molar-refractivity contribution in [2.45, 2.75) is 4.90 Å². The molecule has 0 unspecified atom stereocenters. The summed E-state index contributed by atoms with van der Waals surface area (Å²) in [5, 5.41) is 12.9. The van der Waals surface area contributed by atoms with Gasteiger partial charge in [-0.15, -0.1) is 23.1 Å². The Kier molecular flexibility index (Phi) is 2.53. The number of thioether (sulfide) groups is 1. The van der Waals surface area contributed by atoms with Gasteiger partial charge in [-0.25, -0.2) is 0 Å². The summed E-state index contributed by atoms with van der Waals surface area (Å²) < 4.78 is 2.00. The molecule has 2 rings (SSSR count). The van der Waals surface area contributed by atoms with E-state index < -0.39 is 0 Å². The monoisotopic (exact) mass is 274 g/mol. The van der Waals surface area contributed by atoms with E-state index in [4.69, 9.17) is 0 Å². The molecule has 13 heavy (non-hydrogen) atoms. The van der Waals surface area contributed by atoms with E-state index in [1.807, 2.05) is 23.8 Å². The van der Waals surface area contributed by atoms with E-state index in [0.29, 0.717) is 5.75 Å². The zero-order chi connectivity index (χ0) is 9.42. The minimum atomic E-state index is 0.346. The number of fused-ring (bicyclic) bond motifs is 1. The molecule has 68 valence electrons. The molecule has 1 aromatic heterocycles. The van der Waals surface area contributed by atoms with Gasteiger partial charge in [0.25, 0.3) is 0 Å². The summed E-state index contributed by atoms with van der Waals surface area (Å²) in [6, 6.07) is 4.03. The van der Waals surface area contributed by atoms with E-state index in [1.54, 1.807) is 23.1 Å². The summed E-state index contributed by atoms with van der Waals surface area (Å²) in [5.74, 6) is 0.346. The molecule has 4 heteroatoms. The normalized spacial score (nSPS) is 10.9. The van der Waals surface area contributed by atoms with Crippen molar-refractivity contribution in [3.05, 3.63) is 22.0 Å². The SMILES string of the molecule is CSc1cc2sccc2c(Br)c1O. The van der Waals surface area contributed by atoms with Gasteiger partial charge in [-0.3, -0.25) is 0 Å². The number of phenols is 1. The third-order valence-corrected chi connectivity index (χ3v) is 4.27. The Bertz CT molecular complexity index is 450. The highest BCUT2D eigenvalue weighted by Crippen LogP contribution is 2.41. The second kappa shape index (κ2) is 3.52. The first-order valence-electron chi connectivity index (χ1n) is 3.66. The quantitative estimate of drug-likeness (QED) is 0.791. The second-order valence-electron chi connectivity index (χ2n) is 2.57. The van der Waals surface area contributed by atoms with E-state index in [0.717, 1.165) is 14.8 Å². The Morgan fingerprint density at radius 1 is 1.54 bits per heavy atom. The minimum absolute atomic E-state index is 0.346. The maximum absolute atomic E-state index is 9.75. The van der Waals surface area contributed by atoms with Crippen molar-refractivity contribution in [2.24, 2.45) is 0 Å². The highest BCUT2D eigenvalue weighted by Gasteiger charge is 2.10. The molecule has 0 fully saturated rings. The van der Waals surface area contributed by atoms with Gasteiger partial charge in [0.05, 0.1) is 9.37 Å². The summed E-state index contributed by atoms with van der Waals surface area (Å²) in [7, 11) is 0. The zero-order valence-corrected chi connectivity index (χ0v) is 10.1. The largest absolute Gasteiger partial charge is 0.506 e. The molecule has 1 N–H and O–H groups in total. The van der Waals surface area contributed by atoms with Crippen LogP contribution in [-0.4, -0.2) is 11.4 Å². The summed E-state index contributed by atoms with van der Waals surface area (Å²) in [5.41, 5.74) is 0. The first-order valence-corrected chi connectivity index (χ1v) is 6.56. The number of thiophene rings is 1. The van der Waals surface area contributed by atoms with Crippen molar-refractivity contribution in [2.75, 3.05) is 6.26 Å². The highest BCUT2D eigenvalue weighted by atomic mass is 79.9. The van der Waals surface area contributed by atoms with Gasteiger partial charge in [0.1, 0.15) is 5.75 Å². The first kappa shape index (κ1) is 9.37. The van der Waals surface area contributed by atoms with Crippen LogP contribution in [0.2, 0.25) is 0 Å². The molecule has 0 atom stereocenters. The molecule has 0 saturated carbocycles. The van der Waals surface area contributed by atoms with E-state index in [1.165, 1.54) is 4.70 Å². The predicted octanol–water partition coefficient (Wildman–Crippen LogP) is 4.09. The minimum Gasteiger partial charge on any atom is -0.506 e. The van der Waals surface area contributed by atoms with Gasteiger partial charge in [-0.05, 0) is 39.7 Å². The van der Waals surface area contributed by atoms with Crippen LogP contribution >= 0.6 is 39.0 Å². The fourth-order valence-corrected chi connectivity index (χ4v) is 3.45. The molecule has 0 bridgehead atoms. The van der Waals surface area contributed by atoms with Crippen LogP contribution in [0.25, 0.3) is 10.1 Å². The standard InChI is InChI=1S/C9H7BrOS2/c1-12-7-4-6-5(2-3-13-6)8(10)9(7)11/h2-4,11H,1H3. The third-order valence-electron chi connectivity index (χ3n) is 1.86. The molecule has 0 aliphatic heterocycles. The van der Waals surface area contributed by atoms with Gasteiger partial charge in [0.15, 0.2) is 0 Å². The van der Waals surface area contributed by atoms with Crippen LogP contribution in [0.4, 0.5) is 0 Å². The fraction of sp³-hybridized carbons (Fsp3) is 0.111. The lowest BCUT2D eigenvalue weighted by atomic mass is 10.2. The Hall–Kier alpha value is -0.190. The topological polar surface area (TPSA) is 20.2 Å². The summed E-state index contributed by atoms with van der Waals surface area (Å²) in [6.45, 7) is 0. The molecular formula is C9H7BrOS2. The van der Waals surface area contributed by atoms with Crippen molar-refractivity contribution in [1.29, 1.82) is 0 Å². The number of phenolic OH excluding ortho intramolecular Hbond substituents is 1. The van der Waals surface area contributed by atoms with Crippen LogP contribution in [0, 0.1) is 0 Å². The number of aromatic hydroxyl groups is 1. The molecule has 0 aliphatic carbocycles. The molecule has 0 aliphatic rings. The summed E-state index contributed by atoms with van der Waals surface area (Å²) in [6.07, 6.45) is 1.96. The summed E-state index contributed by atoms with van der Waals surface area (Å²) >= 11 is 6.63. The lowest BCUT2D eigenvalue weighted by Crippen LogP contribution is -1.75. The van der Waals surface area contributed by atoms with Crippen LogP contribution in [0.1, 0.15) is 0 Å². The predicted molar refractivity (Wildman–Crippen MR) is 63.0 cm³/mol. The van der Waals surface area contributed by atoms with Crippen LogP contribution < -0.4 is 0 Å². The third kappa shape index (κ3) is 1.47. The van der Waals surface area contributed by atoms with Gasteiger partial charge in [-0.1, -0.05) is 0 Å². The Labute approximate surface area is 92.9 Å². The van der Waals surface area contributed by atoms with E-state index in [-0.39, 0.29) is 0 Å². The van der Waals surface area contributed by atoms with Crippen molar-refractivity contribution in [3.8, 4) is 5.75 Å².